The number of nitrogens with one attached hydrogen (secondary N) is 1. The second-order valence-electron chi connectivity index (χ2n) is 4.97. The lowest BCUT2D eigenvalue weighted by Crippen LogP contribution is -2.56. The van der Waals surface area contributed by atoms with Crippen molar-refractivity contribution in [3.8, 4) is 6.07 Å². The van der Waals surface area contributed by atoms with Crippen LogP contribution in [0.1, 0.15) is 39.5 Å². The lowest BCUT2D eigenvalue weighted by molar-refractivity contribution is -0.124. The van der Waals surface area contributed by atoms with Crippen LogP contribution in [0.2, 0.25) is 0 Å². The fourth-order valence-corrected chi connectivity index (χ4v) is 2.97. The summed E-state index contributed by atoms with van der Waals surface area (Å²) in [5, 5.41) is 12.0. The first kappa shape index (κ1) is 12.9. The topological polar surface area (TPSA) is 68.5 Å². The van der Waals surface area contributed by atoms with E-state index in [4.69, 9.17) is 4.99 Å². The van der Waals surface area contributed by atoms with E-state index in [1.54, 1.807) is 0 Å². The minimum atomic E-state index is -0.626. The van der Waals surface area contributed by atoms with Gasteiger partial charge in [0, 0.05) is 13.1 Å². The van der Waals surface area contributed by atoms with E-state index in [0.29, 0.717) is 5.96 Å². The summed E-state index contributed by atoms with van der Waals surface area (Å²) >= 11 is 0. The molecule has 2 aliphatic rings. The summed E-state index contributed by atoms with van der Waals surface area (Å²) in [4.78, 5) is 18.9. The molecule has 98 valence electrons. The molecular formula is C13H20N4O. The average Bonchev–Trinajstić information content (AvgIpc) is 2.79. The quantitative estimate of drug-likeness (QED) is 0.800. The van der Waals surface area contributed by atoms with Gasteiger partial charge in [-0.05, 0) is 26.7 Å². The van der Waals surface area contributed by atoms with Crippen molar-refractivity contribution in [1.82, 2.24) is 10.2 Å². The first-order valence-electron chi connectivity index (χ1n) is 6.72. The van der Waals surface area contributed by atoms with Crippen molar-refractivity contribution in [2.24, 2.45) is 10.9 Å². The number of nitrogens with zero attached hydrogens (tertiary/aromatic N) is 3. The third-order valence-corrected chi connectivity index (χ3v) is 4.02. The Morgan fingerprint density at radius 1 is 1.44 bits per heavy atom. The Morgan fingerprint density at radius 2 is 2.06 bits per heavy atom. The van der Waals surface area contributed by atoms with Crippen LogP contribution >= 0.6 is 0 Å². The summed E-state index contributed by atoms with van der Waals surface area (Å²) in [6.45, 7) is 5.69. The molecule has 0 aromatic heterocycles. The molecule has 1 fully saturated rings. The van der Waals surface area contributed by atoms with Crippen molar-refractivity contribution in [3.63, 3.8) is 0 Å². The minimum absolute atomic E-state index is 0.184. The van der Waals surface area contributed by atoms with E-state index in [-0.39, 0.29) is 5.91 Å². The number of rotatable bonds is 2. The molecule has 0 unspecified atom stereocenters. The number of aliphatic imine (C=N–C) groups is 1. The first-order valence-corrected chi connectivity index (χ1v) is 6.72. The van der Waals surface area contributed by atoms with Crippen molar-refractivity contribution < 1.29 is 4.79 Å². The summed E-state index contributed by atoms with van der Waals surface area (Å²) in [6, 6.07) is 2.14. The van der Waals surface area contributed by atoms with Crippen LogP contribution in [0.25, 0.3) is 0 Å². The van der Waals surface area contributed by atoms with E-state index in [9.17, 15) is 10.1 Å². The zero-order valence-electron chi connectivity index (χ0n) is 11.1. The third-order valence-electron chi connectivity index (χ3n) is 4.02. The van der Waals surface area contributed by atoms with Crippen LogP contribution in [-0.4, -0.2) is 35.4 Å². The summed E-state index contributed by atoms with van der Waals surface area (Å²) in [5.41, 5.74) is -0.463. The van der Waals surface area contributed by atoms with Gasteiger partial charge >= 0.3 is 0 Å². The summed E-state index contributed by atoms with van der Waals surface area (Å²) in [6.07, 6.45) is 3.81. The average molecular weight is 248 g/mol. The Labute approximate surface area is 108 Å². The van der Waals surface area contributed by atoms with Gasteiger partial charge in [0.2, 0.25) is 11.9 Å². The molecule has 1 saturated carbocycles. The summed E-state index contributed by atoms with van der Waals surface area (Å²) < 4.78 is 0. The maximum absolute atomic E-state index is 12.1. The zero-order chi connectivity index (χ0) is 13.2. The molecule has 1 aliphatic heterocycles. The van der Waals surface area contributed by atoms with Crippen LogP contribution in [0.3, 0.4) is 0 Å². The molecule has 0 bridgehead atoms. The predicted octanol–water partition coefficient (Wildman–Crippen LogP) is 1.27. The van der Waals surface area contributed by atoms with Gasteiger partial charge in [-0.25, -0.2) is 4.99 Å². The Hall–Kier alpha value is -1.57. The number of hydrogen-bond acceptors (Lipinski definition) is 4. The fourth-order valence-electron chi connectivity index (χ4n) is 2.97. The zero-order valence-corrected chi connectivity index (χ0v) is 11.1. The third kappa shape index (κ3) is 1.96. The smallest absolute Gasteiger partial charge is 0.246 e. The molecule has 2 rings (SSSR count). The van der Waals surface area contributed by atoms with Gasteiger partial charge in [-0.2, -0.15) is 5.26 Å². The molecule has 5 heteroatoms. The van der Waals surface area contributed by atoms with Gasteiger partial charge in [0.1, 0.15) is 0 Å². The standard InChI is InChI=1S/C13H20N4O/c1-3-17(4-2)12-15-11(18)10(9-14)13(16-12)7-5-6-8-13/h10H,3-8H2,1-2H3,(H,15,16,18)/t10-/m0/s1. The SMILES string of the molecule is CCN(CC)C1=NC2(CCCC2)[C@@H](C#N)C(=O)N1. The fraction of sp³-hybridized carbons (Fsp3) is 0.769. The van der Waals surface area contributed by atoms with Gasteiger partial charge in [-0.15, -0.1) is 0 Å². The number of amides is 1. The lowest BCUT2D eigenvalue weighted by atomic mass is 9.82. The van der Waals surface area contributed by atoms with Crippen molar-refractivity contribution in [1.29, 1.82) is 5.26 Å². The predicted molar refractivity (Wildman–Crippen MR) is 68.8 cm³/mol. The molecule has 5 nitrogen and oxygen atoms in total. The highest BCUT2D eigenvalue weighted by Gasteiger charge is 2.49. The maximum atomic E-state index is 12.1. The van der Waals surface area contributed by atoms with Gasteiger partial charge in [0.05, 0.1) is 11.6 Å². The number of guanidine groups is 1. The molecule has 1 spiro atoms. The molecule has 1 N–H and O–H groups in total. The van der Waals surface area contributed by atoms with Crippen molar-refractivity contribution in [2.75, 3.05) is 13.1 Å². The van der Waals surface area contributed by atoms with Gasteiger partial charge in [0.25, 0.3) is 0 Å². The molecule has 1 amide bonds. The first-order chi connectivity index (χ1) is 8.66. The Kier molecular flexibility index (Phi) is 3.55. The Morgan fingerprint density at radius 3 is 2.56 bits per heavy atom. The van der Waals surface area contributed by atoms with Crippen molar-refractivity contribution in [3.05, 3.63) is 0 Å². The summed E-state index contributed by atoms with van der Waals surface area (Å²) in [5.74, 6) is -0.158. The van der Waals surface area contributed by atoms with Gasteiger partial charge in [0.15, 0.2) is 5.92 Å². The highest BCUT2D eigenvalue weighted by Crippen LogP contribution is 2.41. The van der Waals surface area contributed by atoms with Crippen LogP contribution in [-0.2, 0) is 4.79 Å². The maximum Gasteiger partial charge on any atom is 0.246 e. The molecule has 0 saturated heterocycles. The monoisotopic (exact) mass is 248 g/mol. The summed E-state index contributed by atoms with van der Waals surface area (Å²) in [7, 11) is 0. The van der Waals surface area contributed by atoms with Crippen LogP contribution in [0, 0.1) is 17.2 Å². The van der Waals surface area contributed by atoms with E-state index in [1.807, 2.05) is 18.7 Å². The highest BCUT2D eigenvalue weighted by molar-refractivity contribution is 6.02. The van der Waals surface area contributed by atoms with Crippen LogP contribution in [0.15, 0.2) is 4.99 Å². The number of carbonyl (C=O) groups is 1. The van der Waals surface area contributed by atoms with Crippen molar-refractivity contribution >= 4 is 11.9 Å². The van der Waals surface area contributed by atoms with Gasteiger partial charge in [-0.1, -0.05) is 12.8 Å². The van der Waals surface area contributed by atoms with Crippen LogP contribution in [0.5, 0.6) is 0 Å². The minimum Gasteiger partial charge on any atom is -0.343 e. The lowest BCUT2D eigenvalue weighted by Gasteiger charge is -2.37. The number of carbonyl (C=O) groups excluding carboxylic acids is 1. The molecule has 18 heavy (non-hydrogen) atoms. The van der Waals surface area contributed by atoms with E-state index in [2.05, 4.69) is 11.4 Å². The van der Waals surface area contributed by atoms with Crippen molar-refractivity contribution in [2.45, 2.75) is 45.1 Å². The Balaban J connectivity index is 2.37. The second-order valence-corrected chi connectivity index (χ2v) is 4.97. The Bertz CT molecular complexity index is 400. The molecule has 0 aromatic carbocycles. The molecule has 1 aliphatic carbocycles. The molecule has 0 aromatic rings. The van der Waals surface area contributed by atoms with Crippen LogP contribution < -0.4 is 5.32 Å². The molecule has 0 radical (unpaired) electrons. The van der Waals surface area contributed by atoms with Gasteiger partial charge in [-0.3, -0.25) is 10.1 Å². The van der Waals surface area contributed by atoms with E-state index in [1.165, 1.54) is 0 Å². The van der Waals surface area contributed by atoms with E-state index >= 15 is 0 Å². The second kappa shape index (κ2) is 4.97. The molecule has 1 atom stereocenters. The largest absolute Gasteiger partial charge is 0.343 e. The highest BCUT2D eigenvalue weighted by atomic mass is 16.2. The van der Waals surface area contributed by atoms with E-state index < -0.39 is 11.5 Å². The number of nitriles is 1. The van der Waals surface area contributed by atoms with Gasteiger partial charge < -0.3 is 4.90 Å². The normalized spacial score (nSPS) is 25.5. The molecular weight excluding hydrogens is 228 g/mol. The molecule has 1 heterocycles. The number of hydrogen-bond donors (Lipinski definition) is 1. The van der Waals surface area contributed by atoms with E-state index in [0.717, 1.165) is 38.8 Å². The van der Waals surface area contributed by atoms with Crippen LogP contribution in [0.4, 0.5) is 0 Å².